The molecule has 0 aliphatic rings. The third kappa shape index (κ3) is 5.21. The highest BCUT2D eigenvalue weighted by molar-refractivity contribution is 9.10. The first-order valence-electron chi connectivity index (χ1n) is 6.28. The Morgan fingerprint density at radius 3 is 2.20 bits per heavy atom. The lowest BCUT2D eigenvalue weighted by molar-refractivity contribution is 0.236. The summed E-state index contributed by atoms with van der Waals surface area (Å²) in [5, 5.41) is 5.28. The Kier molecular flexibility index (Phi) is 5.16. The summed E-state index contributed by atoms with van der Waals surface area (Å²) >= 11 is 3.43. The maximum atomic E-state index is 11.7. The summed E-state index contributed by atoms with van der Waals surface area (Å²) in [4.78, 5) is 16.0. The SMILES string of the molecule is Cc1cc(Br)cc(C)c1N=C(N)NC(=O)NC(C)(C)C. The minimum atomic E-state index is -0.369. The number of amides is 2. The van der Waals surface area contributed by atoms with Gasteiger partial charge in [-0.3, -0.25) is 5.32 Å². The summed E-state index contributed by atoms with van der Waals surface area (Å²) in [6.45, 7) is 9.56. The molecule has 1 rings (SSSR count). The van der Waals surface area contributed by atoms with Crippen molar-refractivity contribution in [2.75, 3.05) is 0 Å². The van der Waals surface area contributed by atoms with E-state index in [0.29, 0.717) is 0 Å². The molecule has 110 valence electrons. The van der Waals surface area contributed by atoms with Gasteiger partial charge in [0.2, 0.25) is 5.96 Å². The molecule has 0 atom stereocenters. The van der Waals surface area contributed by atoms with E-state index in [1.54, 1.807) is 0 Å². The molecule has 0 spiro atoms. The summed E-state index contributed by atoms with van der Waals surface area (Å²) < 4.78 is 0.989. The van der Waals surface area contributed by atoms with Crippen molar-refractivity contribution in [3.63, 3.8) is 0 Å². The molecule has 1 aromatic rings. The monoisotopic (exact) mass is 340 g/mol. The molecular formula is C14H21BrN4O. The number of halogens is 1. The average molecular weight is 341 g/mol. The summed E-state index contributed by atoms with van der Waals surface area (Å²) in [5.74, 6) is 0.0697. The molecule has 0 aliphatic heterocycles. The molecule has 0 fully saturated rings. The normalized spacial score (nSPS) is 12.2. The highest BCUT2D eigenvalue weighted by Gasteiger charge is 2.14. The van der Waals surface area contributed by atoms with Crippen molar-refractivity contribution >= 4 is 33.6 Å². The van der Waals surface area contributed by atoms with E-state index in [-0.39, 0.29) is 17.5 Å². The lowest BCUT2D eigenvalue weighted by atomic mass is 10.1. The van der Waals surface area contributed by atoms with Crippen LogP contribution in [-0.2, 0) is 0 Å². The number of urea groups is 1. The third-order valence-electron chi connectivity index (χ3n) is 2.42. The Bertz CT molecular complexity index is 524. The smallest absolute Gasteiger partial charge is 0.321 e. The van der Waals surface area contributed by atoms with Gasteiger partial charge in [0.1, 0.15) is 0 Å². The number of hydrogen-bond donors (Lipinski definition) is 3. The molecule has 0 saturated heterocycles. The van der Waals surface area contributed by atoms with Gasteiger partial charge in [-0.25, -0.2) is 9.79 Å². The van der Waals surface area contributed by atoms with Crippen molar-refractivity contribution in [3.8, 4) is 0 Å². The van der Waals surface area contributed by atoms with Crippen LogP contribution in [0.2, 0.25) is 0 Å². The average Bonchev–Trinajstić information content (AvgIpc) is 2.20. The number of carbonyl (C=O) groups excluding carboxylic acids is 1. The number of aryl methyl sites for hydroxylation is 2. The molecule has 0 unspecified atom stereocenters. The first kappa shape index (κ1) is 16.5. The predicted molar refractivity (Wildman–Crippen MR) is 86.3 cm³/mol. The maximum Gasteiger partial charge on any atom is 0.321 e. The summed E-state index contributed by atoms with van der Waals surface area (Å²) in [6, 6.07) is 3.54. The quantitative estimate of drug-likeness (QED) is 0.542. The summed E-state index contributed by atoms with van der Waals surface area (Å²) in [5.41, 5.74) is 8.18. The minimum Gasteiger partial charge on any atom is -0.369 e. The molecule has 0 radical (unpaired) electrons. The van der Waals surface area contributed by atoms with E-state index < -0.39 is 0 Å². The second kappa shape index (κ2) is 6.26. The second-order valence-corrected chi connectivity index (χ2v) is 6.63. The van der Waals surface area contributed by atoms with Gasteiger partial charge in [-0.2, -0.15) is 0 Å². The van der Waals surface area contributed by atoms with Crippen LogP contribution in [0.1, 0.15) is 31.9 Å². The Labute approximate surface area is 128 Å². The Morgan fingerprint density at radius 1 is 1.25 bits per heavy atom. The molecule has 6 heteroatoms. The fraction of sp³-hybridized carbons (Fsp3) is 0.429. The van der Waals surface area contributed by atoms with E-state index in [0.717, 1.165) is 21.3 Å². The zero-order valence-electron chi connectivity index (χ0n) is 12.5. The van der Waals surface area contributed by atoms with E-state index in [9.17, 15) is 4.79 Å². The van der Waals surface area contributed by atoms with Crippen molar-refractivity contribution in [3.05, 3.63) is 27.7 Å². The molecule has 0 aromatic heterocycles. The molecule has 0 bridgehead atoms. The number of aliphatic imine (C=N–C) groups is 1. The number of benzene rings is 1. The topological polar surface area (TPSA) is 79.5 Å². The molecule has 0 saturated carbocycles. The third-order valence-corrected chi connectivity index (χ3v) is 2.88. The minimum absolute atomic E-state index is 0.0697. The van der Waals surface area contributed by atoms with Gasteiger partial charge in [-0.05, 0) is 57.9 Å². The van der Waals surface area contributed by atoms with Gasteiger partial charge in [-0.15, -0.1) is 0 Å². The van der Waals surface area contributed by atoms with E-state index in [1.165, 1.54) is 0 Å². The van der Waals surface area contributed by atoms with Gasteiger partial charge in [0, 0.05) is 10.0 Å². The highest BCUT2D eigenvalue weighted by atomic mass is 79.9. The van der Waals surface area contributed by atoms with Crippen molar-refractivity contribution < 1.29 is 4.79 Å². The lowest BCUT2D eigenvalue weighted by Gasteiger charge is -2.20. The van der Waals surface area contributed by atoms with Crippen LogP contribution >= 0.6 is 15.9 Å². The van der Waals surface area contributed by atoms with Crippen LogP contribution in [0.5, 0.6) is 0 Å². The van der Waals surface area contributed by atoms with Crippen LogP contribution in [0.4, 0.5) is 10.5 Å². The van der Waals surface area contributed by atoms with Crippen LogP contribution in [0.25, 0.3) is 0 Å². The molecule has 0 heterocycles. The van der Waals surface area contributed by atoms with E-state index in [4.69, 9.17) is 5.73 Å². The largest absolute Gasteiger partial charge is 0.369 e. The first-order chi connectivity index (χ1) is 9.08. The van der Waals surface area contributed by atoms with E-state index in [2.05, 4.69) is 31.6 Å². The van der Waals surface area contributed by atoms with Crippen LogP contribution in [0, 0.1) is 13.8 Å². The van der Waals surface area contributed by atoms with E-state index in [1.807, 2.05) is 46.8 Å². The Morgan fingerprint density at radius 2 is 1.75 bits per heavy atom. The van der Waals surface area contributed by atoms with Gasteiger partial charge < -0.3 is 11.1 Å². The fourth-order valence-corrected chi connectivity index (χ4v) is 2.40. The lowest BCUT2D eigenvalue weighted by Crippen LogP contribution is -2.50. The highest BCUT2D eigenvalue weighted by Crippen LogP contribution is 2.27. The first-order valence-corrected chi connectivity index (χ1v) is 7.08. The molecule has 4 N–H and O–H groups in total. The van der Waals surface area contributed by atoms with Gasteiger partial charge in [0.25, 0.3) is 0 Å². The van der Waals surface area contributed by atoms with Crippen molar-refractivity contribution in [1.29, 1.82) is 0 Å². The number of guanidine groups is 1. The van der Waals surface area contributed by atoms with Crippen LogP contribution in [0.3, 0.4) is 0 Å². The number of nitrogens with one attached hydrogen (secondary N) is 2. The maximum absolute atomic E-state index is 11.7. The van der Waals surface area contributed by atoms with Crippen molar-refractivity contribution in [2.24, 2.45) is 10.7 Å². The molecular weight excluding hydrogens is 320 g/mol. The number of nitrogens with zero attached hydrogens (tertiary/aromatic N) is 1. The number of rotatable bonds is 1. The molecule has 0 aliphatic carbocycles. The van der Waals surface area contributed by atoms with Gasteiger partial charge in [-0.1, -0.05) is 15.9 Å². The summed E-state index contributed by atoms with van der Waals surface area (Å²) in [7, 11) is 0. The standard InChI is InChI=1S/C14H21BrN4O/c1-8-6-10(15)7-9(2)11(8)17-12(16)18-13(20)19-14(3,4)5/h6-7H,1-5H3,(H4,16,17,18,19,20). The Balaban J connectivity index is 2.87. The van der Waals surface area contributed by atoms with Gasteiger partial charge in [0.15, 0.2) is 0 Å². The molecule has 2 amide bonds. The van der Waals surface area contributed by atoms with Gasteiger partial charge in [0.05, 0.1) is 5.69 Å². The zero-order valence-corrected chi connectivity index (χ0v) is 14.1. The zero-order chi connectivity index (χ0) is 15.5. The summed E-state index contributed by atoms with van der Waals surface area (Å²) in [6.07, 6.45) is 0. The molecule has 5 nitrogen and oxygen atoms in total. The van der Waals surface area contributed by atoms with Crippen LogP contribution in [-0.4, -0.2) is 17.5 Å². The van der Waals surface area contributed by atoms with E-state index >= 15 is 0 Å². The molecule has 1 aromatic carbocycles. The molecule has 20 heavy (non-hydrogen) atoms. The fourth-order valence-electron chi connectivity index (χ4n) is 1.72. The number of nitrogens with two attached hydrogens (primary N) is 1. The Hall–Kier alpha value is -1.56. The van der Waals surface area contributed by atoms with Crippen LogP contribution < -0.4 is 16.4 Å². The number of carbonyl (C=O) groups is 1. The number of hydrogen-bond acceptors (Lipinski definition) is 2. The van der Waals surface area contributed by atoms with Crippen molar-refractivity contribution in [2.45, 2.75) is 40.2 Å². The van der Waals surface area contributed by atoms with Gasteiger partial charge >= 0.3 is 6.03 Å². The predicted octanol–water partition coefficient (Wildman–Crippen LogP) is 3.11. The van der Waals surface area contributed by atoms with Crippen molar-refractivity contribution in [1.82, 2.24) is 10.6 Å². The second-order valence-electron chi connectivity index (χ2n) is 5.71. The van der Waals surface area contributed by atoms with Crippen LogP contribution in [0.15, 0.2) is 21.6 Å².